The summed E-state index contributed by atoms with van der Waals surface area (Å²) in [6.45, 7) is 4.29. The van der Waals surface area contributed by atoms with Crippen LogP contribution in [0.3, 0.4) is 0 Å². The third kappa shape index (κ3) is 4.88. The topological polar surface area (TPSA) is 12.0 Å². The van der Waals surface area contributed by atoms with Gasteiger partial charge in [-0.2, -0.15) is 0 Å². The molecule has 0 saturated heterocycles. The molecule has 0 radical (unpaired) electrons. The molecule has 0 amide bonds. The standard InChI is InChI=1S/C18H23N/c1-2-19-15-18(13-16-9-5-3-6-10-16)14-17-11-7-4-8-12-17/h3-12,18-19H,2,13-15H2,1H3. The summed E-state index contributed by atoms with van der Waals surface area (Å²) in [5.41, 5.74) is 2.86. The molecule has 0 bridgehead atoms. The summed E-state index contributed by atoms with van der Waals surface area (Å²) in [7, 11) is 0. The van der Waals surface area contributed by atoms with Crippen molar-refractivity contribution in [3.63, 3.8) is 0 Å². The van der Waals surface area contributed by atoms with Crippen molar-refractivity contribution in [1.29, 1.82) is 0 Å². The average Bonchev–Trinajstić information content (AvgIpc) is 2.47. The summed E-state index contributed by atoms with van der Waals surface area (Å²) in [4.78, 5) is 0. The van der Waals surface area contributed by atoms with E-state index < -0.39 is 0 Å². The number of benzene rings is 2. The van der Waals surface area contributed by atoms with Gasteiger partial charge in [0.1, 0.15) is 0 Å². The van der Waals surface area contributed by atoms with Gasteiger partial charge in [-0.25, -0.2) is 0 Å². The van der Waals surface area contributed by atoms with E-state index in [-0.39, 0.29) is 0 Å². The van der Waals surface area contributed by atoms with Gasteiger partial charge in [0.05, 0.1) is 0 Å². The maximum atomic E-state index is 3.49. The van der Waals surface area contributed by atoms with Crippen LogP contribution in [-0.2, 0) is 12.8 Å². The first-order chi connectivity index (χ1) is 9.38. The Morgan fingerprint density at radius 3 is 1.68 bits per heavy atom. The van der Waals surface area contributed by atoms with Gasteiger partial charge >= 0.3 is 0 Å². The molecule has 1 heteroatoms. The molecular formula is C18H23N. The predicted molar refractivity (Wildman–Crippen MR) is 82.3 cm³/mol. The largest absolute Gasteiger partial charge is 0.317 e. The summed E-state index contributed by atoms with van der Waals surface area (Å²) in [5.74, 6) is 0.657. The quantitative estimate of drug-likeness (QED) is 0.793. The van der Waals surface area contributed by atoms with E-state index in [2.05, 4.69) is 72.9 Å². The van der Waals surface area contributed by atoms with Crippen LogP contribution < -0.4 is 5.32 Å². The van der Waals surface area contributed by atoms with Crippen molar-refractivity contribution in [2.75, 3.05) is 13.1 Å². The molecular weight excluding hydrogens is 230 g/mol. The van der Waals surface area contributed by atoms with Crippen molar-refractivity contribution in [1.82, 2.24) is 5.32 Å². The van der Waals surface area contributed by atoms with E-state index in [4.69, 9.17) is 0 Å². The number of rotatable bonds is 7. The second-order valence-electron chi connectivity index (χ2n) is 5.05. The van der Waals surface area contributed by atoms with Crippen LogP contribution in [0.4, 0.5) is 0 Å². The third-order valence-corrected chi connectivity index (χ3v) is 3.42. The zero-order valence-electron chi connectivity index (χ0n) is 11.7. The monoisotopic (exact) mass is 253 g/mol. The van der Waals surface area contributed by atoms with Crippen molar-refractivity contribution in [2.24, 2.45) is 5.92 Å². The molecule has 0 heterocycles. The van der Waals surface area contributed by atoms with Crippen LogP contribution in [0.1, 0.15) is 18.1 Å². The van der Waals surface area contributed by atoms with Crippen LogP contribution in [0.2, 0.25) is 0 Å². The minimum absolute atomic E-state index is 0.657. The maximum absolute atomic E-state index is 3.49. The molecule has 2 aromatic carbocycles. The Morgan fingerprint density at radius 1 is 0.789 bits per heavy atom. The minimum Gasteiger partial charge on any atom is -0.317 e. The summed E-state index contributed by atoms with van der Waals surface area (Å²) < 4.78 is 0. The van der Waals surface area contributed by atoms with Gasteiger partial charge in [-0.05, 0) is 43.0 Å². The Hall–Kier alpha value is -1.60. The predicted octanol–water partition coefficient (Wildman–Crippen LogP) is 3.70. The molecule has 0 aromatic heterocycles. The molecule has 0 aliphatic heterocycles. The van der Waals surface area contributed by atoms with Gasteiger partial charge in [0.25, 0.3) is 0 Å². The highest BCUT2D eigenvalue weighted by Crippen LogP contribution is 2.14. The van der Waals surface area contributed by atoms with Gasteiger partial charge < -0.3 is 5.32 Å². The van der Waals surface area contributed by atoms with Gasteiger partial charge in [-0.1, -0.05) is 67.6 Å². The molecule has 0 atom stereocenters. The molecule has 2 rings (SSSR count). The fraction of sp³-hybridized carbons (Fsp3) is 0.333. The van der Waals surface area contributed by atoms with Crippen molar-refractivity contribution in [3.8, 4) is 0 Å². The molecule has 0 unspecified atom stereocenters. The molecule has 1 N–H and O–H groups in total. The zero-order chi connectivity index (χ0) is 13.3. The van der Waals surface area contributed by atoms with Crippen LogP contribution in [0.15, 0.2) is 60.7 Å². The average molecular weight is 253 g/mol. The number of hydrogen-bond donors (Lipinski definition) is 1. The summed E-state index contributed by atoms with van der Waals surface area (Å²) in [6.07, 6.45) is 2.28. The minimum atomic E-state index is 0.657. The van der Waals surface area contributed by atoms with E-state index in [1.807, 2.05) is 0 Å². The lowest BCUT2D eigenvalue weighted by Gasteiger charge is -2.17. The summed E-state index contributed by atoms with van der Waals surface area (Å²) in [6, 6.07) is 21.6. The van der Waals surface area contributed by atoms with Crippen LogP contribution in [0, 0.1) is 5.92 Å². The second kappa shape index (κ2) is 7.75. The van der Waals surface area contributed by atoms with Crippen molar-refractivity contribution >= 4 is 0 Å². The highest BCUT2D eigenvalue weighted by molar-refractivity contribution is 5.18. The molecule has 19 heavy (non-hydrogen) atoms. The van der Waals surface area contributed by atoms with Gasteiger partial charge in [0.15, 0.2) is 0 Å². The Morgan fingerprint density at radius 2 is 1.26 bits per heavy atom. The molecule has 0 saturated carbocycles. The summed E-state index contributed by atoms with van der Waals surface area (Å²) >= 11 is 0. The molecule has 0 aliphatic carbocycles. The fourth-order valence-corrected chi connectivity index (χ4v) is 2.46. The van der Waals surface area contributed by atoms with Crippen molar-refractivity contribution in [3.05, 3.63) is 71.8 Å². The van der Waals surface area contributed by atoms with Gasteiger partial charge in [-0.15, -0.1) is 0 Å². The van der Waals surface area contributed by atoms with Crippen molar-refractivity contribution in [2.45, 2.75) is 19.8 Å². The van der Waals surface area contributed by atoms with Gasteiger partial charge in [-0.3, -0.25) is 0 Å². The smallest absolute Gasteiger partial charge is 0.00143 e. The maximum Gasteiger partial charge on any atom is -0.00143 e. The Kier molecular flexibility index (Phi) is 5.64. The van der Waals surface area contributed by atoms with Crippen LogP contribution in [0.25, 0.3) is 0 Å². The third-order valence-electron chi connectivity index (χ3n) is 3.42. The van der Waals surface area contributed by atoms with Gasteiger partial charge in [0.2, 0.25) is 0 Å². The lowest BCUT2D eigenvalue weighted by atomic mass is 9.92. The van der Waals surface area contributed by atoms with Crippen LogP contribution >= 0.6 is 0 Å². The first-order valence-electron chi connectivity index (χ1n) is 7.17. The highest BCUT2D eigenvalue weighted by atomic mass is 14.8. The van der Waals surface area contributed by atoms with Gasteiger partial charge in [0, 0.05) is 0 Å². The zero-order valence-corrected chi connectivity index (χ0v) is 11.7. The normalized spacial score (nSPS) is 10.8. The fourth-order valence-electron chi connectivity index (χ4n) is 2.46. The first-order valence-corrected chi connectivity index (χ1v) is 7.17. The Balaban J connectivity index is 1.99. The highest BCUT2D eigenvalue weighted by Gasteiger charge is 2.10. The Labute approximate surface area is 116 Å². The molecule has 0 aliphatic rings. The van der Waals surface area contributed by atoms with Crippen LogP contribution in [-0.4, -0.2) is 13.1 Å². The SMILES string of the molecule is CCNCC(Cc1ccccc1)Cc1ccccc1. The lowest BCUT2D eigenvalue weighted by Crippen LogP contribution is -2.25. The van der Waals surface area contributed by atoms with E-state index >= 15 is 0 Å². The van der Waals surface area contributed by atoms with Crippen LogP contribution in [0.5, 0.6) is 0 Å². The second-order valence-corrected chi connectivity index (χ2v) is 5.05. The molecule has 2 aromatic rings. The lowest BCUT2D eigenvalue weighted by molar-refractivity contribution is 0.478. The molecule has 0 fully saturated rings. The number of nitrogens with one attached hydrogen (secondary N) is 1. The first kappa shape index (κ1) is 13.8. The van der Waals surface area contributed by atoms with E-state index in [0.717, 1.165) is 25.9 Å². The van der Waals surface area contributed by atoms with E-state index in [1.54, 1.807) is 0 Å². The summed E-state index contributed by atoms with van der Waals surface area (Å²) in [5, 5.41) is 3.49. The van der Waals surface area contributed by atoms with Crippen molar-refractivity contribution < 1.29 is 0 Å². The number of hydrogen-bond acceptors (Lipinski definition) is 1. The molecule has 1 nitrogen and oxygen atoms in total. The Bertz CT molecular complexity index is 408. The van der Waals surface area contributed by atoms with E-state index in [0.29, 0.717) is 5.92 Å². The molecule has 0 spiro atoms. The van der Waals surface area contributed by atoms with E-state index in [1.165, 1.54) is 11.1 Å². The van der Waals surface area contributed by atoms with E-state index in [9.17, 15) is 0 Å². The molecule has 100 valence electrons.